The number of aliphatic hydroxyl groups is 1. The molecule has 0 amide bonds. The maximum absolute atomic E-state index is 9.47. The van der Waals surface area contributed by atoms with Crippen molar-refractivity contribution in [1.82, 2.24) is 10.2 Å². The van der Waals surface area contributed by atoms with Gasteiger partial charge in [0.2, 0.25) is 0 Å². The minimum atomic E-state index is 0.226. The highest BCUT2D eigenvalue weighted by molar-refractivity contribution is 5.64. The fourth-order valence-electron chi connectivity index (χ4n) is 3.23. The van der Waals surface area contributed by atoms with Crippen molar-refractivity contribution in [3.63, 3.8) is 0 Å². The first-order valence-electron chi connectivity index (χ1n) is 8.09. The molecule has 0 aromatic heterocycles. The van der Waals surface area contributed by atoms with Crippen molar-refractivity contribution in [2.45, 2.75) is 12.5 Å². The van der Waals surface area contributed by atoms with E-state index in [1.54, 1.807) is 0 Å². The van der Waals surface area contributed by atoms with Crippen molar-refractivity contribution in [2.75, 3.05) is 32.8 Å². The second-order valence-electron chi connectivity index (χ2n) is 5.81. The van der Waals surface area contributed by atoms with Crippen LogP contribution < -0.4 is 5.32 Å². The molecule has 1 saturated heterocycles. The highest BCUT2D eigenvalue weighted by atomic mass is 16.3. The molecule has 3 nitrogen and oxygen atoms in total. The Labute approximate surface area is 132 Å². The van der Waals surface area contributed by atoms with Crippen LogP contribution in [-0.2, 0) is 0 Å². The number of rotatable bonds is 5. The van der Waals surface area contributed by atoms with Crippen molar-refractivity contribution in [2.24, 2.45) is 0 Å². The summed E-state index contributed by atoms with van der Waals surface area (Å²) in [6.45, 7) is 4.37. The van der Waals surface area contributed by atoms with E-state index in [2.05, 4.69) is 58.7 Å². The predicted octanol–water partition coefficient (Wildman–Crippen LogP) is 2.68. The van der Waals surface area contributed by atoms with E-state index in [1.807, 2.05) is 6.07 Å². The van der Waals surface area contributed by atoms with E-state index < -0.39 is 0 Å². The summed E-state index contributed by atoms with van der Waals surface area (Å²) in [5.74, 6) is 0. The summed E-state index contributed by atoms with van der Waals surface area (Å²) in [5, 5.41) is 12.9. The fourth-order valence-corrected chi connectivity index (χ4v) is 3.23. The molecule has 2 aromatic carbocycles. The van der Waals surface area contributed by atoms with Gasteiger partial charge in [-0.05, 0) is 29.2 Å². The summed E-state index contributed by atoms with van der Waals surface area (Å²) in [4.78, 5) is 2.48. The molecule has 1 aliphatic heterocycles. The van der Waals surface area contributed by atoms with E-state index >= 15 is 0 Å². The first-order valence-corrected chi connectivity index (χ1v) is 8.09. The van der Waals surface area contributed by atoms with Crippen molar-refractivity contribution in [3.8, 4) is 11.1 Å². The molecule has 0 spiro atoms. The summed E-state index contributed by atoms with van der Waals surface area (Å²) in [6, 6.07) is 19.5. The fraction of sp³-hybridized carbons (Fsp3) is 0.368. The summed E-state index contributed by atoms with van der Waals surface area (Å²) >= 11 is 0. The highest BCUT2D eigenvalue weighted by Gasteiger charge is 2.21. The third kappa shape index (κ3) is 3.55. The molecule has 3 heteroatoms. The van der Waals surface area contributed by atoms with Crippen LogP contribution in [-0.4, -0.2) is 42.8 Å². The molecule has 0 aliphatic carbocycles. The van der Waals surface area contributed by atoms with Crippen molar-refractivity contribution in [3.05, 3.63) is 60.2 Å². The molecule has 22 heavy (non-hydrogen) atoms. The number of nitrogens with one attached hydrogen (secondary N) is 1. The minimum Gasteiger partial charge on any atom is -0.396 e. The van der Waals surface area contributed by atoms with Crippen LogP contribution in [0.4, 0.5) is 0 Å². The lowest BCUT2D eigenvalue weighted by atomic mass is 9.96. The number of hydrogen-bond donors (Lipinski definition) is 2. The summed E-state index contributed by atoms with van der Waals surface area (Å²) in [5.41, 5.74) is 3.79. The van der Waals surface area contributed by atoms with Gasteiger partial charge in [-0.1, -0.05) is 48.5 Å². The Bertz CT molecular complexity index is 579. The SMILES string of the molecule is OCC[C@H](c1cccc(-c2ccccc2)c1)N1CCNCC1. The molecule has 2 N–H and O–H groups in total. The molecule has 1 fully saturated rings. The smallest absolute Gasteiger partial charge is 0.0449 e. The van der Waals surface area contributed by atoms with Gasteiger partial charge in [0.1, 0.15) is 0 Å². The van der Waals surface area contributed by atoms with E-state index in [1.165, 1.54) is 16.7 Å². The van der Waals surface area contributed by atoms with Gasteiger partial charge in [0.25, 0.3) is 0 Å². The van der Waals surface area contributed by atoms with Gasteiger partial charge in [-0.25, -0.2) is 0 Å². The Morgan fingerprint density at radius 2 is 1.68 bits per heavy atom. The third-order valence-electron chi connectivity index (χ3n) is 4.37. The summed E-state index contributed by atoms with van der Waals surface area (Å²) in [6.07, 6.45) is 0.790. The van der Waals surface area contributed by atoms with Crippen LogP contribution in [0.15, 0.2) is 54.6 Å². The molecule has 2 aromatic rings. The molecule has 0 bridgehead atoms. The summed E-state index contributed by atoms with van der Waals surface area (Å²) < 4.78 is 0. The molecule has 1 atom stereocenters. The molecule has 0 radical (unpaired) electrons. The quantitative estimate of drug-likeness (QED) is 0.890. The molecule has 1 aliphatic rings. The zero-order valence-corrected chi connectivity index (χ0v) is 12.9. The van der Waals surface area contributed by atoms with Gasteiger partial charge in [-0.3, -0.25) is 4.90 Å². The zero-order chi connectivity index (χ0) is 15.2. The number of benzene rings is 2. The van der Waals surface area contributed by atoms with Crippen LogP contribution in [0.5, 0.6) is 0 Å². The van der Waals surface area contributed by atoms with E-state index in [0.717, 1.165) is 32.6 Å². The van der Waals surface area contributed by atoms with Crippen LogP contribution in [0.25, 0.3) is 11.1 Å². The maximum Gasteiger partial charge on any atom is 0.0449 e. The lowest BCUT2D eigenvalue weighted by Gasteiger charge is -2.35. The monoisotopic (exact) mass is 296 g/mol. The van der Waals surface area contributed by atoms with Crippen molar-refractivity contribution in [1.29, 1.82) is 0 Å². The maximum atomic E-state index is 9.47. The topological polar surface area (TPSA) is 35.5 Å². The van der Waals surface area contributed by atoms with E-state index in [0.29, 0.717) is 6.04 Å². The van der Waals surface area contributed by atoms with Gasteiger partial charge in [0.15, 0.2) is 0 Å². The Kier molecular flexibility index (Phi) is 5.22. The van der Waals surface area contributed by atoms with Crippen molar-refractivity contribution >= 4 is 0 Å². The minimum absolute atomic E-state index is 0.226. The van der Waals surface area contributed by atoms with Gasteiger partial charge in [-0.15, -0.1) is 0 Å². The first-order chi connectivity index (χ1) is 10.9. The number of nitrogens with zero attached hydrogens (tertiary/aromatic N) is 1. The average Bonchev–Trinajstić information content (AvgIpc) is 2.61. The van der Waals surface area contributed by atoms with Gasteiger partial charge in [-0.2, -0.15) is 0 Å². The lowest BCUT2D eigenvalue weighted by Crippen LogP contribution is -2.45. The Morgan fingerprint density at radius 1 is 0.955 bits per heavy atom. The standard InChI is InChI=1S/C19H24N2O/c22-14-9-19(21-12-10-20-11-13-21)18-8-4-7-17(15-18)16-5-2-1-3-6-16/h1-8,15,19-20,22H,9-14H2/t19-/m1/s1. The molecule has 1 heterocycles. The highest BCUT2D eigenvalue weighted by Crippen LogP contribution is 2.28. The van der Waals surface area contributed by atoms with Crippen LogP contribution in [0, 0.1) is 0 Å². The van der Waals surface area contributed by atoms with Crippen LogP contribution in [0.2, 0.25) is 0 Å². The number of aliphatic hydroxyl groups excluding tert-OH is 1. The molecule has 0 unspecified atom stereocenters. The number of piperazine rings is 1. The summed E-state index contributed by atoms with van der Waals surface area (Å²) in [7, 11) is 0. The predicted molar refractivity (Wildman–Crippen MR) is 90.8 cm³/mol. The van der Waals surface area contributed by atoms with E-state index in [4.69, 9.17) is 0 Å². The van der Waals surface area contributed by atoms with Gasteiger partial charge in [0, 0.05) is 38.8 Å². The zero-order valence-electron chi connectivity index (χ0n) is 12.9. The van der Waals surface area contributed by atoms with Gasteiger partial charge < -0.3 is 10.4 Å². The average molecular weight is 296 g/mol. The van der Waals surface area contributed by atoms with Crippen molar-refractivity contribution < 1.29 is 5.11 Å². The molecule has 116 valence electrons. The molecule has 0 saturated carbocycles. The first kappa shape index (κ1) is 15.2. The second kappa shape index (κ2) is 7.54. The Hall–Kier alpha value is -1.68. The largest absolute Gasteiger partial charge is 0.396 e. The van der Waals surface area contributed by atoms with Gasteiger partial charge >= 0.3 is 0 Å². The van der Waals surface area contributed by atoms with Crippen LogP contribution in [0.3, 0.4) is 0 Å². The number of hydrogen-bond acceptors (Lipinski definition) is 3. The third-order valence-corrected chi connectivity index (χ3v) is 4.37. The lowest BCUT2D eigenvalue weighted by molar-refractivity contribution is 0.141. The van der Waals surface area contributed by atoms with E-state index in [9.17, 15) is 5.11 Å². The molecular weight excluding hydrogens is 272 g/mol. The van der Waals surface area contributed by atoms with Crippen LogP contribution in [0.1, 0.15) is 18.0 Å². The van der Waals surface area contributed by atoms with Gasteiger partial charge in [0.05, 0.1) is 0 Å². The van der Waals surface area contributed by atoms with Crippen LogP contribution >= 0.6 is 0 Å². The van der Waals surface area contributed by atoms with E-state index in [-0.39, 0.29) is 6.61 Å². The second-order valence-corrected chi connectivity index (χ2v) is 5.81. The Balaban J connectivity index is 1.87. The Morgan fingerprint density at radius 3 is 2.41 bits per heavy atom. The molecule has 3 rings (SSSR count). The normalized spacial score (nSPS) is 17.3. The molecular formula is C19H24N2O.